The fraction of sp³-hybridized carbons (Fsp3) is 0.273. The van der Waals surface area contributed by atoms with Crippen molar-refractivity contribution < 1.29 is 0 Å². The molecule has 88 valence electrons. The molecule has 0 aliphatic carbocycles. The van der Waals surface area contributed by atoms with Crippen LogP contribution < -0.4 is 10.2 Å². The van der Waals surface area contributed by atoms with Crippen LogP contribution in [0.1, 0.15) is 5.56 Å². The fourth-order valence-electron chi connectivity index (χ4n) is 1.42. The van der Waals surface area contributed by atoms with Gasteiger partial charge in [0, 0.05) is 38.2 Å². The van der Waals surface area contributed by atoms with E-state index >= 15 is 0 Å². The van der Waals surface area contributed by atoms with Gasteiger partial charge in [0.05, 0.1) is 6.20 Å². The van der Waals surface area contributed by atoms with Crippen molar-refractivity contribution in [2.24, 2.45) is 0 Å². The van der Waals surface area contributed by atoms with Crippen LogP contribution in [0.3, 0.4) is 0 Å². The van der Waals surface area contributed by atoms with E-state index in [1.165, 1.54) is 0 Å². The summed E-state index contributed by atoms with van der Waals surface area (Å²) in [6, 6.07) is 0. The van der Waals surface area contributed by atoms with Gasteiger partial charge >= 0.3 is 0 Å². The summed E-state index contributed by atoms with van der Waals surface area (Å²) < 4.78 is 0. The Kier molecular flexibility index (Phi) is 3.13. The summed E-state index contributed by atoms with van der Waals surface area (Å²) in [5.41, 5.74) is 1.03. The lowest BCUT2D eigenvalue weighted by atomic mass is 10.3. The largest absolute Gasteiger partial charge is 0.362 e. The number of rotatable bonds is 3. The third kappa shape index (κ3) is 2.66. The first-order valence-electron chi connectivity index (χ1n) is 5.21. The Hall–Kier alpha value is -2.24. The van der Waals surface area contributed by atoms with Gasteiger partial charge in [0.15, 0.2) is 5.82 Å². The standard InChI is InChI=1S/C11H14N6/c1-8-6-14-11(16-10(8)17(2)3)15-9-7-12-4-5-13-9/h4-7H,1-3H3,(H,13,14,15,16). The molecule has 0 saturated carbocycles. The summed E-state index contributed by atoms with van der Waals surface area (Å²) in [5.74, 6) is 2.02. The van der Waals surface area contributed by atoms with Gasteiger partial charge in [-0.1, -0.05) is 0 Å². The van der Waals surface area contributed by atoms with Crippen molar-refractivity contribution in [3.05, 3.63) is 30.4 Å². The third-order valence-corrected chi connectivity index (χ3v) is 2.17. The maximum atomic E-state index is 4.40. The minimum absolute atomic E-state index is 0.514. The lowest BCUT2D eigenvalue weighted by molar-refractivity contribution is 1.01. The minimum Gasteiger partial charge on any atom is -0.362 e. The van der Waals surface area contributed by atoms with Crippen molar-refractivity contribution in [3.8, 4) is 0 Å². The van der Waals surface area contributed by atoms with Crippen LogP contribution >= 0.6 is 0 Å². The summed E-state index contributed by atoms with van der Waals surface area (Å²) in [4.78, 5) is 18.6. The molecule has 0 amide bonds. The summed E-state index contributed by atoms with van der Waals surface area (Å²) in [5, 5.41) is 3.00. The summed E-state index contributed by atoms with van der Waals surface area (Å²) in [6.45, 7) is 1.97. The molecule has 0 spiro atoms. The summed E-state index contributed by atoms with van der Waals surface area (Å²) >= 11 is 0. The zero-order valence-electron chi connectivity index (χ0n) is 10.0. The highest BCUT2D eigenvalue weighted by molar-refractivity contribution is 5.52. The average molecular weight is 230 g/mol. The first-order chi connectivity index (χ1) is 8.16. The van der Waals surface area contributed by atoms with Crippen LogP contribution in [0.5, 0.6) is 0 Å². The second kappa shape index (κ2) is 4.73. The van der Waals surface area contributed by atoms with Gasteiger partial charge in [-0.2, -0.15) is 4.98 Å². The van der Waals surface area contributed by atoms with Gasteiger partial charge in [-0.05, 0) is 6.92 Å². The molecule has 0 aliphatic heterocycles. The molecule has 17 heavy (non-hydrogen) atoms. The molecule has 2 rings (SSSR count). The molecule has 2 heterocycles. The Morgan fingerprint density at radius 1 is 1.12 bits per heavy atom. The predicted molar refractivity (Wildman–Crippen MR) is 66.4 cm³/mol. The number of hydrogen-bond acceptors (Lipinski definition) is 6. The Morgan fingerprint density at radius 2 is 1.94 bits per heavy atom. The molecule has 0 radical (unpaired) electrons. The molecular weight excluding hydrogens is 216 g/mol. The van der Waals surface area contributed by atoms with Crippen LogP contribution in [-0.2, 0) is 0 Å². The van der Waals surface area contributed by atoms with E-state index in [1.54, 1.807) is 24.8 Å². The number of aromatic nitrogens is 4. The number of aryl methyl sites for hydroxylation is 1. The maximum Gasteiger partial charge on any atom is 0.230 e. The molecule has 0 atom stereocenters. The third-order valence-electron chi connectivity index (χ3n) is 2.17. The van der Waals surface area contributed by atoms with Crippen molar-refractivity contribution in [1.82, 2.24) is 19.9 Å². The van der Waals surface area contributed by atoms with Crippen LogP contribution in [0, 0.1) is 6.92 Å². The highest BCUT2D eigenvalue weighted by Gasteiger charge is 2.06. The molecule has 0 aromatic carbocycles. The normalized spacial score (nSPS) is 10.1. The molecule has 2 aromatic heterocycles. The average Bonchev–Trinajstić information content (AvgIpc) is 2.32. The second-order valence-corrected chi connectivity index (χ2v) is 3.81. The van der Waals surface area contributed by atoms with Crippen molar-refractivity contribution in [2.75, 3.05) is 24.3 Å². The zero-order chi connectivity index (χ0) is 12.3. The van der Waals surface area contributed by atoms with Crippen LogP contribution in [0.4, 0.5) is 17.6 Å². The minimum atomic E-state index is 0.514. The van der Waals surface area contributed by atoms with Crippen LogP contribution in [-0.4, -0.2) is 34.0 Å². The van der Waals surface area contributed by atoms with Gasteiger partial charge in [0.25, 0.3) is 0 Å². The van der Waals surface area contributed by atoms with Crippen molar-refractivity contribution in [2.45, 2.75) is 6.92 Å². The first-order valence-corrected chi connectivity index (χ1v) is 5.21. The van der Waals surface area contributed by atoms with Gasteiger partial charge in [-0.3, -0.25) is 4.98 Å². The van der Waals surface area contributed by atoms with Gasteiger partial charge in [0.1, 0.15) is 5.82 Å². The topological polar surface area (TPSA) is 66.8 Å². The zero-order valence-corrected chi connectivity index (χ0v) is 10.0. The number of nitrogens with zero attached hydrogens (tertiary/aromatic N) is 5. The van der Waals surface area contributed by atoms with Crippen LogP contribution in [0.2, 0.25) is 0 Å². The van der Waals surface area contributed by atoms with E-state index in [0.717, 1.165) is 11.4 Å². The van der Waals surface area contributed by atoms with E-state index < -0.39 is 0 Å². The predicted octanol–water partition coefficient (Wildman–Crippen LogP) is 1.38. The highest BCUT2D eigenvalue weighted by Crippen LogP contribution is 2.16. The van der Waals surface area contributed by atoms with E-state index in [4.69, 9.17) is 0 Å². The van der Waals surface area contributed by atoms with Crippen molar-refractivity contribution >= 4 is 17.6 Å². The summed E-state index contributed by atoms with van der Waals surface area (Å²) in [6.07, 6.45) is 6.63. The van der Waals surface area contributed by atoms with Gasteiger partial charge in [0.2, 0.25) is 5.95 Å². The van der Waals surface area contributed by atoms with Crippen molar-refractivity contribution in [1.29, 1.82) is 0 Å². The quantitative estimate of drug-likeness (QED) is 0.859. The Labute approximate surface area is 99.8 Å². The fourth-order valence-corrected chi connectivity index (χ4v) is 1.42. The molecule has 6 heteroatoms. The Balaban J connectivity index is 2.26. The molecular formula is C11H14N6. The number of hydrogen-bond donors (Lipinski definition) is 1. The molecule has 2 aromatic rings. The lowest BCUT2D eigenvalue weighted by Gasteiger charge is -2.14. The van der Waals surface area contributed by atoms with E-state index in [9.17, 15) is 0 Å². The van der Waals surface area contributed by atoms with E-state index in [-0.39, 0.29) is 0 Å². The second-order valence-electron chi connectivity index (χ2n) is 3.81. The number of anilines is 3. The SMILES string of the molecule is Cc1cnc(Nc2cnccn2)nc1N(C)C. The van der Waals surface area contributed by atoms with E-state index in [1.807, 2.05) is 25.9 Å². The van der Waals surface area contributed by atoms with Gasteiger partial charge in [-0.15, -0.1) is 0 Å². The Bertz CT molecular complexity index is 497. The van der Waals surface area contributed by atoms with Crippen molar-refractivity contribution in [3.63, 3.8) is 0 Å². The molecule has 0 unspecified atom stereocenters. The lowest BCUT2D eigenvalue weighted by Crippen LogP contribution is -2.13. The maximum absolute atomic E-state index is 4.40. The smallest absolute Gasteiger partial charge is 0.230 e. The molecule has 1 N–H and O–H groups in total. The van der Waals surface area contributed by atoms with Crippen LogP contribution in [0.15, 0.2) is 24.8 Å². The first kappa shape index (κ1) is 11.3. The van der Waals surface area contributed by atoms with Crippen LogP contribution in [0.25, 0.3) is 0 Å². The monoisotopic (exact) mass is 230 g/mol. The van der Waals surface area contributed by atoms with Gasteiger partial charge < -0.3 is 10.2 Å². The van der Waals surface area contributed by atoms with E-state index in [2.05, 4.69) is 25.3 Å². The highest BCUT2D eigenvalue weighted by atomic mass is 15.2. The molecule has 0 saturated heterocycles. The summed E-state index contributed by atoms with van der Waals surface area (Å²) in [7, 11) is 3.89. The molecule has 6 nitrogen and oxygen atoms in total. The Morgan fingerprint density at radius 3 is 2.59 bits per heavy atom. The molecule has 0 aliphatic rings. The van der Waals surface area contributed by atoms with Gasteiger partial charge in [-0.25, -0.2) is 9.97 Å². The van der Waals surface area contributed by atoms with E-state index in [0.29, 0.717) is 11.8 Å². The molecule has 0 fully saturated rings. The number of nitrogens with one attached hydrogen (secondary N) is 1. The molecule has 0 bridgehead atoms.